The summed E-state index contributed by atoms with van der Waals surface area (Å²) in [5, 5.41) is 8.47. The second-order valence-corrected chi connectivity index (χ2v) is 7.36. The SMILES string of the molecule is C[C@@H]1C[C@H](C)N(C(=O)CCc2nc(C3CCCC3)no2)c2ccnn21. The Kier molecular flexibility index (Phi) is 4.31. The Morgan fingerprint density at radius 3 is 2.88 bits per heavy atom. The van der Waals surface area contributed by atoms with E-state index in [-0.39, 0.29) is 11.9 Å². The van der Waals surface area contributed by atoms with Crippen molar-refractivity contribution in [2.45, 2.75) is 76.8 Å². The predicted octanol–water partition coefficient (Wildman–Crippen LogP) is 3.24. The predicted molar refractivity (Wildman–Crippen MR) is 92.3 cm³/mol. The maximum absolute atomic E-state index is 12.8. The van der Waals surface area contributed by atoms with Gasteiger partial charge in [-0.25, -0.2) is 4.68 Å². The van der Waals surface area contributed by atoms with Gasteiger partial charge in [0.15, 0.2) is 5.82 Å². The highest BCUT2D eigenvalue weighted by Gasteiger charge is 2.32. The number of anilines is 1. The van der Waals surface area contributed by atoms with Gasteiger partial charge in [-0.1, -0.05) is 18.0 Å². The molecule has 1 aliphatic heterocycles. The van der Waals surface area contributed by atoms with Crippen molar-refractivity contribution in [1.82, 2.24) is 19.9 Å². The van der Waals surface area contributed by atoms with Crippen LogP contribution in [0.1, 0.15) is 76.0 Å². The molecule has 1 fully saturated rings. The molecule has 0 saturated heterocycles. The first-order valence-electron chi connectivity index (χ1n) is 9.31. The van der Waals surface area contributed by atoms with Gasteiger partial charge >= 0.3 is 0 Å². The molecule has 0 radical (unpaired) electrons. The zero-order chi connectivity index (χ0) is 17.4. The summed E-state index contributed by atoms with van der Waals surface area (Å²) in [6, 6.07) is 2.40. The van der Waals surface area contributed by atoms with E-state index >= 15 is 0 Å². The highest BCUT2D eigenvalue weighted by molar-refractivity contribution is 5.93. The average Bonchev–Trinajstić information content (AvgIpc) is 3.32. The van der Waals surface area contributed by atoms with Gasteiger partial charge in [-0.15, -0.1) is 0 Å². The quantitative estimate of drug-likeness (QED) is 0.851. The molecule has 7 heteroatoms. The lowest BCUT2D eigenvalue weighted by Crippen LogP contribution is -2.45. The lowest BCUT2D eigenvalue weighted by Gasteiger charge is -2.37. The lowest BCUT2D eigenvalue weighted by atomic mass is 10.0. The highest BCUT2D eigenvalue weighted by atomic mass is 16.5. The molecule has 3 heterocycles. The first-order chi connectivity index (χ1) is 12.1. The molecule has 134 valence electrons. The largest absolute Gasteiger partial charge is 0.339 e. The van der Waals surface area contributed by atoms with Crippen LogP contribution in [0, 0.1) is 0 Å². The van der Waals surface area contributed by atoms with Gasteiger partial charge in [-0.3, -0.25) is 9.69 Å². The van der Waals surface area contributed by atoms with E-state index in [1.165, 1.54) is 12.8 Å². The Labute approximate surface area is 147 Å². The van der Waals surface area contributed by atoms with Crippen molar-refractivity contribution in [2.24, 2.45) is 0 Å². The second-order valence-electron chi connectivity index (χ2n) is 7.36. The molecule has 0 aromatic carbocycles. The molecule has 4 rings (SSSR count). The molecule has 2 aromatic heterocycles. The van der Waals surface area contributed by atoms with Crippen LogP contribution in [0.15, 0.2) is 16.8 Å². The smallest absolute Gasteiger partial charge is 0.228 e. The Morgan fingerprint density at radius 1 is 1.28 bits per heavy atom. The normalized spacial score (nSPS) is 23.8. The molecular formula is C18H25N5O2. The van der Waals surface area contributed by atoms with Crippen molar-refractivity contribution < 1.29 is 9.32 Å². The van der Waals surface area contributed by atoms with E-state index < -0.39 is 0 Å². The van der Waals surface area contributed by atoms with E-state index in [4.69, 9.17) is 4.52 Å². The van der Waals surface area contributed by atoms with E-state index in [1.807, 2.05) is 15.6 Å². The van der Waals surface area contributed by atoms with Gasteiger partial charge in [0.25, 0.3) is 0 Å². The number of aryl methyl sites for hydroxylation is 1. The summed E-state index contributed by atoms with van der Waals surface area (Å²) in [6.07, 6.45) is 8.30. The third-order valence-electron chi connectivity index (χ3n) is 5.46. The Hall–Kier alpha value is -2.18. The fraction of sp³-hybridized carbons (Fsp3) is 0.667. The van der Waals surface area contributed by atoms with Crippen molar-refractivity contribution in [3.63, 3.8) is 0 Å². The van der Waals surface area contributed by atoms with Gasteiger partial charge in [0.2, 0.25) is 11.8 Å². The third kappa shape index (κ3) is 3.07. The highest BCUT2D eigenvalue weighted by Crippen LogP contribution is 2.33. The summed E-state index contributed by atoms with van der Waals surface area (Å²) in [4.78, 5) is 19.2. The summed E-state index contributed by atoms with van der Waals surface area (Å²) < 4.78 is 7.30. The van der Waals surface area contributed by atoms with Gasteiger partial charge in [0.05, 0.1) is 12.2 Å². The standard InChI is InChI=1S/C18H25N5O2/c1-12-11-13(2)23-16(9-10-19-23)22(12)17(24)8-7-15-20-18(21-25-15)14-5-3-4-6-14/h9-10,12-14H,3-8,11H2,1-2H3/t12-,13+/m0/s1. The number of carbonyl (C=O) groups excluding carboxylic acids is 1. The van der Waals surface area contributed by atoms with Crippen molar-refractivity contribution in [2.75, 3.05) is 4.90 Å². The van der Waals surface area contributed by atoms with E-state index in [2.05, 4.69) is 29.1 Å². The molecular weight excluding hydrogens is 318 g/mol. The summed E-state index contributed by atoms with van der Waals surface area (Å²) in [5.41, 5.74) is 0. The molecule has 2 aliphatic rings. The number of amides is 1. The molecule has 7 nitrogen and oxygen atoms in total. The molecule has 0 bridgehead atoms. The summed E-state index contributed by atoms with van der Waals surface area (Å²) >= 11 is 0. The van der Waals surface area contributed by atoms with E-state index in [9.17, 15) is 4.79 Å². The van der Waals surface area contributed by atoms with Crippen LogP contribution in [0.2, 0.25) is 0 Å². The fourth-order valence-electron chi connectivity index (χ4n) is 4.19. The molecule has 1 saturated carbocycles. The molecule has 0 spiro atoms. The van der Waals surface area contributed by atoms with Crippen LogP contribution in [0.25, 0.3) is 0 Å². The van der Waals surface area contributed by atoms with Crippen LogP contribution in [-0.4, -0.2) is 31.9 Å². The molecule has 1 aliphatic carbocycles. The Bertz CT molecular complexity index is 746. The number of rotatable bonds is 4. The van der Waals surface area contributed by atoms with Gasteiger partial charge in [0, 0.05) is 30.9 Å². The molecule has 25 heavy (non-hydrogen) atoms. The minimum absolute atomic E-state index is 0.0850. The Morgan fingerprint density at radius 2 is 2.08 bits per heavy atom. The lowest BCUT2D eigenvalue weighted by molar-refractivity contribution is -0.119. The number of aromatic nitrogens is 4. The van der Waals surface area contributed by atoms with Gasteiger partial charge in [-0.05, 0) is 33.1 Å². The van der Waals surface area contributed by atoms with Gasteiger partial charge in [-0.2, -0.15) is 10.1 Å². The van der Waals surface area contributed by atoms with E-state index in [0.29, 0.717) is 30.7 Å². The van der Waals surface area contributed by atoms with Crippen LogP contribution < -0.4 is 4.90 Å². The summed E-state index contributed by atoms with van der Waals surface area (Å²) in [6.45, 7) is 4.23. The van der Waals surface area contributed by atoms with Crippen LogP contribution >= 0.6 is 0 Å². The average molecular weight is 343 g/mol. The first-order valence-corrected chi connectivity index (χ1v) is 9.31. The van der Waals surface area contributed by atoms with Gasteiger partial charge in [0.1, 0.15) is 5.82 Å². The topological polar surface area (TPSA) is 77.1 Å². The molecule has 0 unspecified atom stereocenters. The number of hydrogen-bond acceptors (Lipinski definition) is 5. The first kappa shape index (κ1) is 16.3. The molecule has 2 aromatic rings. The third-order valence-corrected chi connectivity index (χ3v) is 5.46. The minimum Gasteiger partial charge on any atom is -0.339 e. The number of nitrogens with zero attached hydrogens (tertiary/aromatic N) is 5. The zero-order valence-electron chi connectivity index (χ0n) is 14.9. The van der Waals surface area contributed by atoms with Crippen LogP contribution in [0.4, 0.5) is 5.82 Å². The van der Waals surface area contributed by atoms with Crippen molar-refractivity contribution in [1.29, 1.82) is 0 Å². The molecule has 2 atom stereocenters. The fourth-order valence-corrected chi connectivity index (χ4v) is 4.19. The summed E-state index contributed by atoms with van der Waals surface area (Å²) in [5.74, 6) is 2.79. The van der Waals surface area contributed by atoms with E-state index in [1.54, 1.807) is 6.20 Å². The minimum atomic E-state index is 0.0850. The van der Waals surface area contributed by atoms with Crippen molar-refractivity contribution >= 4 is 11.7 Å². The number of carbonyl (C=O) groups is 1. The van der Waals surface area contributed by atoms with Crippen molar-refractivity contribution in [3.8, 4) is 0 Å². The molecule has 1 amide bonds. The molecule has 0 N–H and O–H groups in total. The monoisotopic (exact) mass is 343 g/mol. The number of fused-ring (bicyclic) bond motifs is 1. The Balaban J connectivity index is 1.42. The van der Waals surface area contributed by atoms with Crippen LogP contribution in [0.3, 0.4) is 0 Å². The van der Waals surface area contributed by atoms with Crippen LogP contribution in [0.5, 0.6) is 0 Å². The summed E-state index contributed by atoms with van der Waals surface area (Å²) in [7, 11) is 0. The van der Waals surface area contributed by atoms with Crippen molar-refractivity contribution in [3.05, 3.63) is 24.0 Å². The maximum atomic E-state index is 12.8. The zero-order valence-corrected chi connectivity index (χ0v) is 14.9. The number of hydrogen-bond donors (Lipinski definition) is 0. The van der Waals surface area contributed by atoms with Gasteiger partial charge < -0.3 is 4.52 Å². The maximum Gasteiger partial charge on any atom is 0.228 e. The van der Waals surface area contributed by atoms with Crippen LogP contribution in [-0.2, 0) is 11.2 Å². The van der Waals surface area contributed by atoms with E-state index in [0.717, 1.165) is 30.9 Å². The second kappa shape index (κ2) is 6.61.